The second-order valence-corrected chi connectivity index (χ2v) is 8.15. The largest absolute Gasteiger partial charge is 0.493 e. The molecule has 3 amide bonds. The molecule has 1 aliphatic carbocycles. The van der Waals surface area contributed by atoms with Crippen LogP contribution in [0.15, 0.2) is 30.5 Å². The second-order valence-electron chi connectivity index (χ2n) is 8.15. The Kier molecular flexibility index (Phi) is 6.43. The highest BCUT2D eigenvalue weighted by molar-refractivity contribution is 6.05. The number of likely N-dealkylation sites (tertiary alicyclic amines) is 1. The van der Waals surface area contributed by atoms with Gasteiger partial charge in [-0.25, -0.2) is 4.68 Å². The van der Waals surface area contributed by atoms with Crippen molar-refractivity contribution in [3.8, 4) is 11.5 Å². The minimum Gasteiger partial charge on any atom is -0.493 e. The van der Waals surface area contributed by atoms with Crippen LogP contribution in [0.3, 0.4) is 0 Å². The van der Waals surface area contributed by atoms with Gasteiger partial charge in [-0.15, -0.1) is 0 Å². The Hall–Kier alpha value is -3.36. The summed E-state index contributed by atoms with van der Waals surface area (Å²) in [6.45, 7) is 0.476. The Bertz CT molecular complexity index is 994. The van der Waals surface area contributed by atoms with Crippen molar-refractivity contribution in [1.82, 2.24) is 14.7 Å². The summed E-state index contributed by atoms with van der Waals surface area (Å²) in [5.41, 5.74) is 0.849. The van der Waals surface area contributed by atoms with Crippen LogP contribution in [-0.2, 0) is 20.9 Å². The number of methoxy groups -OCH3 is 2. The normalized spacial score (nSPS) is 20.2. The molecule has 9 nitrogen and oxygen atoms in total. The maximum absolute atomic E-state index is 12.6. The molecule has 2 aliphatic rings. The SMILES string of the molecule is COc1cccc(Cn2nccc2NC(=O)CCN2C(=O)[C@@H]3CCCC[C@H]3C2=O)c1OC. The van der Waals surface area contributed by atoms with Crippen LogP contribution in [0, 0.1) is 11.8 Å². The van der Waals surface area contributed by atoms with Crippen LogP contribution >= 0.6 is 0 Å². The summed E-state index contributed by atoms with van der Waals surface area (Å²) < 4.78 is 12.5. The minimum atomic E-state index is -0.278. The molecular formula is C23H28N4O5. The number of amides is 3. The summed E-state index contributed by atoms with van der Waals surface area (Å²) in [5, 5.41) is 7.13. The van der Waals surface area contributed by atoms with E-state index in [-0.39, 0.29) is 42.5 Å². The fourth-order valence-electron chi connectivity index (χ4n) is 4.67. The van der Waals surface area contributed by atoms with Gasteiger partial charge in [0.25, 0.3) is 0 Å². The number of nitrogens with one attached hydrogen (secondary N) is 1. The Morgan fingerprint density at radius 2 is 1.81 bits per heavy atom. The van der Waals surface area contributed by atoms with Crippen LogP contribution in [-0.4, -0.2) is 53.2 Å². The van der Waals surface area contributed by atoms with Crippen molar-refractivity contribution >= 4 is 23.5 Å². The smallest absolute Gasteiger partial charge is 0.233 e. The number of carbonyl (C=O) groups excluding carboxylic acids is 3. The van der Waals surface area contributed by atoms with Crippen LogP contribution in [0.1, 0.15) is 37.7 Å². The maximum Gasteiger partial charge on any atom is 0.233 e. The average molecular weight is 441 g/mol. The second kappa shape index (κ2) is 9.42. The van der Waals surface area contributed by atoms with Gasteiger partial charge in [0, 0.05) is 24.6 Å². The lowest BCUT2D eigenvalue weighted by atomic mass is 9.81. The molecule has 1 aromatic carbocycles. The minimum absolute atomic E-state index is 0.0462. The molecule has 0 spiro atoms. The molecule has 170 valence electrons. The topological polar surface area (TPSA) is 103 Å². The Morgan fingerprint density at radius 3 is 2.47 bits per heavy atom. The quantitative estimate of drug-likeness (QED) is 0.633. The van der Waals surface area contributed by atoms with E-state index >= 15 is 0 Å². The van der Waals surface area contributed by atoms with Gasteiger partial charge in [-0.2, -0.15) is 5.10 Å². The van der Waals surface area contributed by atoms with Gasteiger partial charge in [-0.1, -0.05) is 25.0 Å². The molecule has 2 heterocycles. The third-order valence-corrected chi connectivity index (χ3v) is 6.28. The van der Waals surface area contributed by atoms with E-state index in [1.54, 1.807) is 31.2 Å². The van der Waals surface area contributed by atoms with Crippen molar-refractivity contribution in [2.75, 3.05) is 26.1 Å². The summed E-state index contributed by atoms with van der Waals surface area (Å²) in [6, 6.07) is 7.27. The molecule has 2 aromatic rings. The van der Waals surface area contributed by atoms with Gasteiger partial charge >= 0.3 is 0 Å². The number of carbonyl (C=O) groups is 3. The molecule has 0 radical (unpaired) electrons. The first kappa shape index (κ1) is 21.9. The van der Waals surface area contributed by atoms with E-state index in [1.165, 1.54) is 4.90 Å². The van der Waals surface area contributed by atoms with Gasteiger partial charge in [0.2, 0.25) is 17.7 Å². The summed E-state index contributed by atoms with van der Waals surface area (Å²) in [5.74, 6) is 0.827. The Balaban J connectivity index is 1.38. The first-order valence-corrected chi connectivity index (χ1v) is 10.9. The summed E-state index contributed by atoms with van der Waals surface area (Å²) in [6.07, 6.45) is 5.15. The molecule has 2 atom stereocenters. The number of anilines is 1. The van der Waals surface area contributed by atoms with Gasteiger partial charge in [0.05, 0.1) is 38.8 Å². The number of hydrogen-bond donors (Lipinski definition) is 1. The predicted molar refractivity (Wildman–Crippen MR) is 116 cm³/mol. The molecule has 1 saturated carbocycles. The fraction of sp³-hybridized carbons (Fsp3) is 0.478. The zero-order chi connectivity index (χ0) is 22.7. The van der Waals surface area contributed by atoms with E-state index in [4.69, 9.17) is 9.47 Å². The monoisotopic (exact) mass is 440 g/mol. The predicted octanol–water partition coefficient (Wildman–Crippen LogP) is 2.45. The number of rotatable bonds is 8. The van der Waals surface area contributed by atoms with Crippen molar-refractivity contribution in [2.45, 2.75) is 38.6 Å². The van der Waals surface area contributed by atoms with E-state index in [0.717, 1.165) is 31.2 Å². The summed E-state index contributed by atoms with van der Waals surface area (Å²) in [4.78, 5) is 39.0. The molecule has 32 heavy (non-hydrogen) atoms. The summed E-state index contributed by atoms with van der Waals surface area (Å²) in [7, 11) is 3.15. The van der Waals surface area contributed by atoms with Gasteiger partial charge in [0.1, 0.15) is 5.82 Å². The first-order valence-electron chi connectivity index (χ1n) is 10.9. The maximum atomic E-state index is 12.6. The first-order chi connectivity index (χ1) is 15.5. The molecule has 1 aromatic heterocycles. The molecule has 4 rings (SSSR count). The van der Waals surface area contributed by atoms with E-state index in [1.807, 2.05) is 18.2 Å². The summed E-state index contributed by atoms with van der Waals surface area (Å²) >= 11 is 0. The molecule has 1 saturated heterocycles. The van der Waals surface area contributed by atoms with Crippen LogP contribution in [0.4, 0.5) is 5.82 Å². The van der Waals surface area contributed by atoms with Gasteiger partial charge in [-0.05, 0) is 18.9 Å². The highest BCUT2D eigenvalue weighted by atomic mass is 16.5. The number of nitrogens with zero attached hydrogens (tertiary/aromatic N) is 3. The lowest BCUT2D eigenvalue weighted by molar-refractivity contribution is -0.140. The van der Waals surface area contributed by atoms with E-state index in [2.05, 4.69) is 10.4 Å². The van der Waals surface area contributed by atoms with Crippen molar-refractivity contribution in [3.05, 3.63) is 36.0 Å². The molecule has 1 N–H and O–H groups in total. The molecule has 1 aliphatic heterocycles. The zero-order valence-electron chi connectivity index (χ0n) is 18.4. The van der Waals surface area contributed by atoms with Crippen molar-refractivity contribution < 1.29 is 23.9 Å². The van der Waals surface area contributed by atoms with Crippen molar-refractivity contribution in [2.24, 2.45) is 11.8 Å². The highest BCUT2D eigenvalue weighted by Gasteiger charge is 2.47. The highest BCUT2D eigenvalue weighted by Crippen LogP contribution is 2.38. The van der Waals surface area contributed by atoms with Crippen LogP contribution in [0.5, 0.6) is 11.5 Å². The Morgan fingerprint density at radius 1 is 1.09 bits per heavy atom. The Labute approximate surface area is 186 Å². The molecule has 2 fully saturated rings. The van der Waals surface area contributed by atoms with Crippen molar-refractivity contribution in [3.63, 3.8) is 0 Å². The lowest BCUT2D eigenvalue weighted by Crippen LogP contribution is -2.34. The number of ether oxygens (including phenoxy) is 2. The van der Waals surface area contributed by atoms with Gasteiger partial charge < -0.3 is 14.8 Å². The van der Waals surface area contributed by atoms with Gasteiger partial charge in [-0.3, -0.25) is 19.3 Å². The van der Waals surface area contributed by atoms with E-state index < -0.39 is 0 Å². The number of para-hydroxylation sites is 1. The number of hydrogen-bond acceptors (Lipinski definition) is 6. The number of fused-ring (bicyclic) bond motifs is 1. The standard InChI is InChI=1S/C23H28N4O5/c1-31-18-9-5-6-15(21(18)32-2)14-27-19(10-12-24-27)25-20(28)11-13-26-22(29)16-7-3-4-8-17(16)23(26)30/h5-6,9-10,12,16-17H,3-4,7-8,11,13-14H2,1-2H3,(H,25,28)/t16-,17-/m1/s1. The molecule has 9 heteroatoms. The molecule has 0 unspecified atom stereocenters. The van der Waals surface area contributed by atoms with E-state index in [9.17, 15) is 14.4 Å². The average Bonchev–Trinajstić information content (AvgIpc) is 3.34. The van der Waals surface area contributed by atoms with Crippen molar-refractivity contribution in [1.29, 1.82) is 0 Å². The van der Waals surface area contributed by atoms with Gasteiger partial charge in [0.15, 0.2) is 11.5 Å². The molecular weight excluding hydrogens is 412 g/mol. The third kappa shape index (κ3) is 4.19. The number of benzene rings is 1. The van der Waals surface area contributed by atoms with Crippen LogP contribution < -0.4 is 14.8 Å². The lowest BCUT2D eigenvalue weighted by Gasteiger charge is -2.19. The van der Waals surface area contributed by atoms with E-state index in [0.29, 0.717) is 23.9 Å². The number of aromatic nitrogens is 2. The zero-order valence-corrected chi connectivity index (χ0v) is 18.4. The number of imide groups is 1. The fourth-order valence-corrected chi connectivity index (χ4v) is 4.67. The van der Waals surface area contributed by atoms with Crippen LogP contribution in [0.25, 0.3) is 0 Å². The molecule has 0 bridgehead atoms. The van der Waals surface area contributed by atoms with Crippen LogP contribution in [0.2, 0.25) is 0 Å². The third-order valence-electron chi connectivity index (χ3n) is 6.28.